The minimum absolute atomic E-state index is 0.0122. The maximum absolute atomic E-state index is 13.2. The van der Waals surface area contributed by atoms with E-state index in [0.717, 1.165) is 40.4 Å². The molecule has 0 saturated heterocycles. The maximum Gasteiger partial charge on any atom is 0.573 e. The van der Waals surface area contributed by atoms with Gasteiger partial charge in [-0.05, 0) is 55.7 Å². The fourth-order valence-electron chi connectivity index (χ4n) is 4.99. The topological polar surface area (TPSA) is 87.3 Å². The highest BCUT2D eigenvalue weighted by Gasteiger charge is 2.36. The van der Waals surface area contributed by atoms with Gasteiger partial charge in [-0.1, -0.05) is 36.4 Å². The Balaban J connectivity index is 1.42. The average molecular weight is 504 g/mol. The number of alkyl halides is 3. The standard InChI is InChI=1S/C25H24F3N3O3S/c26-25(27,28)34-16-12-14-17(15-13-16)35(29,33)30-20-8-5-11-23(24(20)32)31-21-9-3-1-6-18(21)19-7-2-4-10-22(19)31/h1-4,6-7,9-10,12-15,20,23-24,32H,5,8,11H2,(H2,29,30,33). The Kier molecular flexibility index (Phi) is 5.98. The first kappa shape index (κ1) is 23.7. The number of ether oxygens (including phenoxy) is 1. The van der Waals surface area contributed by atoms with Crippen LogP contribution in [0.2, 0.25) is 0 Å². The minimum Gasteiger partial charge on any atom is -0.406 e. The molecule has 0 amide bonds. The minimum atomic E-state index is -4.84. The van der Waals surface area contributed by atoms with Gasteiger partial charge in [0.05, 0.1) is 17.0 Å². The number of benzene rings is 3. The maximum atomic E-state index is 13.2. The summed E-state index contributed by atoms with van der Waals surface area (Å²) in [5.41, 5.74) is 1.98. The third kappa shape index (κ3) is 4.61. The number of hydrogen-bond donors (Lipinski definition) is 3. The van der Waals surface area contributed by atoms with Crippen molar-refractivity contribution in [2.45, 2.75) is 48.7 Å². The van der Waals surface area contributed by atoms with E-state index in [1.54, 1.807) is 0 Å². The summed E-state index contributed by atoms with van der Waals surface area (Å²) in [6.07, 6.45) is -3.79. The molecule has 0 aliphatic heterocycles. The molecule has 35 heavy (non-hydrogen) atoms. The van der Waals surface area contributed by atoms with Crippen molar-refractivity contribution in [2.75, 3.05) is 0 Å². The largest absolute Gasteiger partial charge is 0.573 e. The van der Waals surface area contributed by atoms with E-state index in [1.165, 1.54) is 12.1 Å². The van der Waals surface area contributed by atoms with Crippen LogP contribution in [-0.4, -0.2) is 32.4 Å². The first-order chi connectivity index (χ1) is 16.6. The lowest BCUT2D eigenvalue weighted by Gasteiger charge is -2.37. The summed E-state index contributed by atoms with van der Waals surface area (Å²) in [6, 6.07) is 19.4. The van der Waals surface area contributed by atoms with Gasteiger partial charge >= 0.3 is 6.36 Å². The molecule has 1 aliphatic rings. The van der Waals surface area contributed by atoms with Crippen LogP contribution < -0.4 is 9.46 Å². The van der Waals surface area contributed by atoms with Gasteiger partial charge in [0.25, 0.3) is 0 Å². The van der Waals surface area contributed by atoms with Crippen molar-refractivity contribution in [1.82, 2.24) is 9.29 Å². The van der Waals surface area contributed by atoms with E-state index in [1.807, 2.05) is 48.5 Å². The van der Waals surface area contributed by atoms with Crippen LogP contribution in [0, 0.1) is 4.78 Å². The molecular weight excluding hydrogens is 479 g/mol. The molecule has 1 saturated carbocycles. The lowest BCUT2D eigenvalue weighted by atomic mass is 9.88. The molecule has 5 rings (SSSR count). The molecule has 1 heterocycles. The third-order valence-corrected chi connectivity index (χ3v) is 8.05. The normalized spacial score (nSPS) is 22.8. The highest BCUT2D eigenvalue weighted by molar-refractivity contribution is 7.90. The van der Waals surface area contributed by atoms with Crippen molar-refractivity contribution >= 4 is 31.7 Å². The van der Waals surface area contributed by atoms with Gasteiger partial charge in [0.1, 0.15) is 15.7 Å². The number of nitrogens with zero attached hydrogens (tertiary/aromatic N) is 1. The summed E-state index contributed by atoms with van der Waals surface area (Å²) < 4.78 is 67.6. The molecule has 6 nitrogen and oxygen atoms in total. The smallest absolute Gasteiger partial charge is 0.406 e. The zero-order valence-electron chi connectivity index (χ0n) is 18.5. The Morgan fingerprint density at radius 1 is 0.943 bits per heavy atom. The van der Waals surface area contributed by atoms with Gasteiger partial charge in [-0.25, -0.2) is 13.7 Å². The zero-order chi connectivity index (χ0) is 24.8. The van der Waals surface area contributed by atoms with Crippen LogP contribution >= 0.6 is 0 Å². The molecule has 0 spiro atoms. The van der Waals surface area contributed by atoms with E-state index in [9.17, 15) is 22.5 Å². The molecule has 0 radical (unpaired) electrons. The fourth-order valence-corrected chi connectivity index (χ4v) is 6.33. The van der Waals surface area contributed by atoms with Gasteiger partial charge in [-0.3, -0.25) is 0 Å². The number of rotatable bonds is 5. The summed E-state index contributed by atoms with van der Waals surface area (Å²) in [4.78, 5) is 0.0122. The number of aromatic nitrogens is 1. The summed E-state index contributed by atoms with van der Waals surface area (Å²) in [5, 5.41) is 13.5. The Labute approximate surface area is 200 Å². The molecule has 0 bridgehead atoms. The van der Waals surface area contributed by atoms with E-state index < -0.39 is 34.2 Å². The molecule has 3 aromatic carbocycles. The highest BCUT2D eigenvalue weighted by Crippen LogP contribution is 2.38. The number of fused-ring (bicyclic) bond motifs is 3. The third-order valence-electron chi connectivity index (χ3n) is 6.48. The lowest BCUT2D eigenvalue weighted by molar-refractivity contribution is -0.274. The van der Waals surface area contributed by atoms with Crippen LogP contribution in [0.15, 0.2) is 77.7 Å². The van der Waals surface area contributed by atoms with Crippen molar-refractivity contribution in [3.63, 3.8) is 0 Å². The Hall–Kier alpha value is -3.08. The fraction of sp³-hybridized carbons (Fsp3) is 0.280. The van der Waals surface area contributed by atoms with Gasteiger partial charge in [0, 0.05) is 27.8 Å². The van der Waals surface area contributed by atoms with E-state index in [4.69, 9.17) is 4.78 Å². The Bertz CT molecular complexity index is 1410. The van der Waals surface area contributed by atoms with Crippen LogP contribution in [0.4, 0.5) is 13.2 Å². The molecule has 184 valence electrons. The van der Waals surface area contributed by atoms with Crippen LogP contribution in [0.25, 0.3) is 21.8 Å². The van der Waals surface area contributed by atoms with Gasteiger partial charge in [0.2, 0.25) is 0 Å². The van der Waals surface area contributed by atoms with Gasteiger partial charge < -0.3 is 14.4 Å². The second-order valence-electron chi connectivity index (χ2n) is 8.69. The first-order valence-corrected chi connectivity index (χ1v) is 12.8. The number of aliphatic hydroxyl groups is 1. The number of halogens is 3. The van der Waals surface area contributed by atoms with Crippen molar-refractivity contribution in [3.8, 4) is 5.75 Å². The number of nitrogens with one attached hydrogen (secondary N) is 2. The Morgan fingerprint density at radius 3 is 2.09 bits per heavy atom. The zero-order valence-corrected chi connectivity index (χ0v) is 19.4. The quantitative estimate of drug-likeness (QED) is 0.324. The lowest BCUT2D eigenvalue weighted by Crippen LogP contribution is -2.49. The molecule has 1 aromatic heterocycles. The SMILES string of the molecule is N=S(=O)(NC1CCCC(n2c3ccccc3c3ccccc32)C1O)c1ccc(OC(F)(F)F)cc1. The molecule has 4 unspecified atom stereocenters. The molecule has 1 fully saturated rings. The summed E-state index contributed by atoms with van der Waals surface area (Å²) >= 11 is 0. The predicted molar refractivity (Wildman–Crippen MR) is 128 cm³/mol. The molecule has 4 aromatic rings. The molecule has 3 N–H and O–H groups in total. The Morgan fingerprint density at radius 2 is 1.51 bits per heavy atom. The summed E-state index contributed by atoms with van der Waals surface area (Å²) in [5.74, 6) is -0.458. The van der Waals surface area contributed by atoms with E-state index >= 15 is 0 Å². The van der Waals surface area contributed by atoms with Crippen LogP contribution in [0.5, 0.6) is 5.75 Å². The summed E-state index contributed by atoms with van der Waals surface area (Å²) in [7, 11) is -3.59. The van der Waals surface area contributed by atoms with Crippen LogP contribution in [-0.2, 0) is 9.92 Å². The van der Waals surface area contributed by atoms with Gasteiger partial charge in [-0.15, -0.1) is 13.2 Å². The van der Waals surface area contributed by atoms with Gasteiger partial charge in [0.15, 0.2) is 0 Å². The number of para-hydroxylation sites is 2. The molecule has 4 atom stereocenters. The molecular formula is C25H24F3N3O3S. The van der Waals surface area contributed by atoms with Crippen LogP contribution in [0.1, 0.15) is 25.3 Å². The second kappa shape index (κ2) is 8.85. The number of aliphatic hydroxyl groups excluding tert-OH is 1. The van der Waals surface area contributed by atoms with Crippen molar-refractivity contribution in [3.05, 3.63) is 72.8 Å². The first-order valence-electron chi connectivity index (χ1n) is 11.2. The summed E-state index contributed by atoms with van der Waals surface area (Å²) in [6.45, 7) is 0. The van der Waals surface area contributed by atoms with Crippen molar-refractivity contribution < 1.29 is 27.2 Å². The van der Waals surface area contributed by atoms with Crippen molar-refractivity contribution in [2.24, 2.45) is 0 Å². The predicted octanol–water partition coefficient (Wildman–Crippen LogP) is 5.76. The van der Waals surface area contributed by atoms with Crippen molar-refractivity contribution in [1.29, 1.82) is 4.78 Å². The highest BCUT2D eigenvalue weighted by atomic mass is 32.2. The molecule has 1 aliphatic carbocycles. The average Bonchev–Trinajstić information content (AvgIpc) is 3.14. The van der Waals surface area contributed by atoms with Gasteiger partial charge in [-0.2, -0.15) is 0 Å². The molecule has 10 heteroatoms. The number of hydrogen-bond acceptors (Lipinski definition) is 4. The monoisotopic (exact) mass is 503 g/mol. The second-order valence-corrected chi connectivity index (χ2v) is 10.5. The van der Waals surface area contributed by atoms with E-state index in [2.05, 4.69) is 14.0 Å². The van der Waals surface area contributed by atoms with Crippen LogP contribution in [0.3, 0.4) is 0 Å². The van der Waals surface area contributed by atoms with E-state index in [0.29, 0.717) is 12.8 Å². The van der Waals surface area contributed by atoms with E-state index in [-0.39, 0.29) is 10.9 Å².